The van der Waals surface area contributed by atoms with E-state index in [4.69, 9.17) is 19.6 Å². The zero-order chi connectivity index (χ0) is 24.5. The predicted octanol–water partition coefficient (Wildman–Crippen LogP) is 4.34. The van der Waals surface area contributed by atoms with Crippen molar-refractivity contribution in [3.63, 3.8) is 0 Å². The van der Waals surface area contributed by atoms with Gasteiger partial charge in [0, 0.05) is 12.2 Å². The molecule has 1 N–H and O–H groups in total. The number of esters is 1. The Morgan fingerprint density at radius 1 is 1.12 bits per heavy atom. The largest absolute Gasteiger partial charge is 0.496 e. The fraction of sp³-hybridized carbons (Fsp3) is 0.440. The van der Waals surface area contributed by atoms with E-state index in [1.54, 1.807) is 18.2 Å². The highest BCUT2D eigenvalue weighted by Gasteiger charge is 2.25. The quantitative estimate of drug-likeness (QED) is 0.559. The van der Waals surface area contributed by atoms with E-state index in [2.05, 4.69) is 26.1 Å². The van der Waals surface area contributed by atoms with Crippen molar-refractivity contribution in [2.24, 2.45) is 0 Å². The van der Waals surface area contributed by atoms with Crippen LogP contribution in [0.5, 0.6) is 5.75 Å². The van der Waals surface area contributed by atoms with Crippen LogP contribution in [-0.4, -0.2) is 40.9 Å². The molecule has 0 spiro atoms. The van der Waals surface area contributed by atoms with Crippen molar-refractivity contribution in [3.05, 3.63) is 52.3 Å². The fourth-order valence-electron chi connectivity index (χ4n) is 3.66. The summed E-state index contributed by atoms with van der Waals surface area (Å²) in [5.41, 5.74) is 3.60. The van der Waals surface area contributed by atoms with Crippen LogP contribution >= 0.6 is 0 Å². The van der Waals surface area contributed by atoms with Gasteiger partial charge in [-0.15, -0.1) is 0 Å². The van der Waals surface area contributed by atoms with E-state index in [1.165, 1.54) is 14.2 Å². The molecule has 3 rings (SSSR count). The Balaban J connectivity index is 1.99. The summed E-state index contributed by atoms with van der Waals surface area (Å²) in [6.07, 6.45) is 0. The monoisotopic (exact) mass is 452 g/mol. The van der Waals surface area contributed by atoms with Crippen LogP contribution in [0.1, 0.15) is 78.2 Å². The molecule has 1 amide bonds. The Kier molecular flexibility index (Phi) is 6.76. The summed E-state index contributed by atoms with van der Waals surface area (Å²) in [6.45, 7) is 12.4. The maximum atomic E-state index is 13.3. The van der Waals surface area contributed by atoms with Gasteiger partial charge in [-0.3, -0.25) is 4.79 Å². The third-order valence-corrected chi connectivity index (χ3v) is 5.43. The zero-order valence-corrected chi connectivity index (χ0v) is 20.6. The van der Waals surface area contributed by atoms with Gasteiger partial charge < -0.3 is 14.8 Å². The van der Waals surface area contributed by atoms with Gasteiger partial charge in [-0.2, -0.15) is 5.10 Å². The summed E-state index contributed by atoms with van der Waals surface area (Å²) >= 11 is 0. The first-order valence-electron chi connectivity index (χ1n) is 10.9. The van der Waals surface area contributed by atoms with Crippen LogP contribution in [0.4, 0.5) is 0 Å². The van der Waals surface area contributed by atoms with Crippen LogP contribution in [0.15, 0.2) is 24.3 Å². The van der Waals surface area contributed by atoms with Crippen molar-refractivity contribution in [2.45, 2.75) is 59.5 Å². The van der Waals surface area contributed by atoms with Gasteiger partial charge in [-0.05, 0) is 57.4 Å². The Morgan fingerprint density at radius 2 is 1.82 bits per heavy atom. The standard InChI is InChI=1S/C25H32N4O4/c1-14(2)19-12-18(21-15(3)28-29(22(21)27-19)25(4,5)6)23(30)26-13-16-9-10-20(32-7)17(11-16)24(31)33-8/h9-12,14H,13H2,1-8H3,(H,26,30). The normalized spacial score (nSPS) is 11.7. The van der Waals surface area contributed by atoms with Crippen molar-refractivity contribution < 1.29 is 19.1 Å². The van der Waals surface area contributed by atoms with Gasteiger partial charge in [-0.1, -0.05) is 19.9 Å². The number of benzene rings is 1. The number of aromatic nitrogens is 3. The van der Waals surface area contributed by atoms with Crippen molar-refractivity contribution in [1.82, 2.24) is 20.1 Å². The summed E-state index contributed by atoms with van der Waals surface area (Å²) < 4.78 is 12.0. The molecule has 8 nitrogen and oxygen atoms in total. The Hall–Kier alpha value is -3.42. The van der Waals surface area contributed by atoms with Gasteiger partial charge >= 0.3 is 5.97 Å². The summed E-state index contributed by atoms with van der Waals surface area (Å²) in [5.74, 6) is -0.160. The van der Waals surface area contributed by atoms with E-state index >= 15 is 0 Å². The Morgan fingerprint density at radius 3 is 2.39 bits per heavy atom. The number of ether oxygens (including phenoxy) is 2. The third kappa shape index (κ3) is 4.84. The third-order valence-electron chi connectivity index (χ3n) is 5.43. The molecule has 0 atom stereocenters. The summed E-state index contributed by atoms with van der Waals surface area (Å²) in [4.78, 5) is 30.2. The number of pyridine rings is 1. The van der Waals surface area contributed by atoms with Gasteiger partial charge in [0.15, 0.2) is 5.65 Å². The molecule has 0 aliphatic heterocycles. The fourth-order valence-corrected chi connectivity index (χ4v) is 3.66. The van der Waals surface area contributed by atoms with Crippen LogP contribution in [0.2, 0.25) is 0 Å². The average molecular weight is 453 g/mol. The molecule has 2 aromatic heterocycles. The number of nitrogens with zero attached hydrogens (tertiary/aromatic N) is 3. The zero-order valence-electron chi connectivity index (χ0n) is 20.6. The van der Waals surface area contributed by atoms with E-state index < -0.39 is 5.97 Å². The molecule has 0 fully saturated rings. The highest BCUT2D eigenvalue weighted by atomic mass is 16.5. The maximum Gasteiger partial charge on any atom is 0.341 e. The number of methoxy groups -OCH3 is 2. The van der Waals surface area contributed by atoms with Crippen LogP contribution < -0.4 is 10.1 Å². The van der Waals surface area contributed by atoms with Crippen molar-refractivity contribution in [1.29, 1.82) is 0 Å². The molecule has 176 valence electrons. The Labute approximate surface area is 194 Å². The van der Waals surface area contributed by atoms with Gasteiger partial charge in [-0.25, -0.2) is 14.5 Å². The first-order chi connectivity index (χ1) is 15.5. The molecule has 0 bridgehead atoms. The number of hydrogen-bond donors (Lipinski definition) is 1. The lowest BCUT2D eigenvalue weighted by atomic mass is 10.0. The lowest BCUT2D eigenvalue weighted by molar-refractivity contribution is 0.0597. The number of amides is 1. The molecule has 0 aliphatic rings. The smallest absolute Gasteiger partial charge is 0.341 e. The molecule has 8 heteroatoms. The van der Waals surface area contributed by atoms with Gasteiger partial charge in [0.1, 0.15) is 11.3 Å². The first kappa shape index (κ1) is 24.2. The van der Waals surface area contributed by atoms with E-state index in [0.29, 0.717) is 22.5 Å². The lowest BCUT2D eigenvalue weighted by Gasteiger charge is -2.20. The molecule has 2 heterocycles. The molecule has 0 unspecified atom stereocenters. The lowest BCUT2D eigenvalue weighted by Crippen LogP contribution is -2.25. The highest BCUT2D eigenvalue weighted by Crippen LogP contribution is 2.29. The van der Waals surface area contributed by atoms with E-state index in [1.807, 2.05) is 31.5 Å². The second-order valence-electron chi connectivity index (χ2n) is 9.32. The molecule has 0 saturated heterocycles. The van der Waals surface area contributed by atoms with Crippen LogP contribution in [0, 0.1) is 6.92 Å². The number of hydrogen-bond acceptors (Lipinski definition) is 6. The van der Waals surface area contributed by atoms with E-state index in [9.17, 15) is 9.59 Å². The van der Waals surface area contributed by atoms with E-state index in [0.717, 1.165) is 22.3 Å². The number of fused-ring (bicyclic) bond motifs is 1. The Bertz CT molecular complexity index is 1210. The van der Waals surface area contributed by atoms with Gasteiger partial charge in [0.25, 0.3) is 5.91 Å². The molecular weight excluding hydrogens is 420 g/mol. The minimum Gasteiger partial charge on any atom is -0.496 e. The minimum absolute atomic E-state index is 0.147. The molecule has 1 aromatic carbocycles. The van der Waals surface area contributed by atoms with Crippen molar-refractivity contribution in [3.8, 4) is 5.75 Å². The molecular formula is C25H32N4O4. The number of carbonyl (C=O) groups excluding carboxylic acids is 2. The molecule has 3 aromatic rings. The number of nitrogens with one attached hydrogen (secondary N) is 1. The summed E-state index contributed by atoms with van der Waals surface area (Å²) in [6, 6.07) is 7.00. The van der Waals surface area contributed by atoms with Gasteiger partial charge in [0.05, 0.1) is 36.4 Å². The first-order valence-corrected chi connectivity index (χ1v) is 10.9. The summed E-state index contributed by atoms with van der Waals surface area (Å²) in [7, 11) is 2.81. The number of aryl methyl sites for hydroxylation is 1. The van der Waals surface area contributed by atoms with Crippen LogP contribution in [0.3, 0.4) is 0 Å². The molecule has 0 aliphatic carbocycles. The number of carbonyl (C=O) groups is 2. The molecule has 0 radical (unpaired) electrons. The second-order valence-corrected chi connectivity index (χ2v) is 9.32. The summed E-state index contributed by atoms with van der Waals surface area (Å²) in [5, 5.41) is 8.41. The van der Waals surface area contributed by atoms with Crippen molar-refractivity contribution in [2.75, 3.05) is 14.2 Å². The van der Waals surface area contributed by atoms with Crippen molar-refractivity contribution >= 4 is 22.9 Å². The molecule has 0 saturated carbocycles. The molecule has 33 heavy (non-hydrogen) atoms. The second kappa shape index (κ2) is 9.21. The minimum atomic E-state index is -0.498. The average Bonchev–Trinajstić information content (AvgIpc) is 3.13. The van der Waals surface area contributed by atoms with E-state index in [-0.39, 0.29) is 23.9 Å². The highest BCUT2D eigenvalue weighted by molar-refractivity contribution is 6.06. The van der Waals surface area contributed by atoms with Crippen LogP contribution in [0.25, 0.3) is 11.0 Å². The SMILES string of the molecule is COC(=O)c1cc(CNC(=O)c2cc(C(C)C)nc3c2c(C)nn3C(C)(C)C)ccc1OC. The maximum absolute atomic E-state index is 13.3. The topological polar surface area (TPSA) is 95.3 Å². The predicted molar refractivity (Wildman–Crippen MR) is 127 cm³/mol. The van der Waals surface area contributed by atoms with Gasteiger partial charge in [0.2, 0.25) is 0 Å². The number of rotatable bonds is 6. The van der Waals surface area contributed by atoms with Crippen LogP contribution in [-0.2, 0) is 16.8 Å².